The molecule has 0 spiro atoms. The molecule has 1 aliphatic rings. The first-order valence-corrected chi connectivity index (χ1v) is 7.63. The predicted octanol–water partition coefficient (Wildman–Crippen LogP) is 2.86. The van der Waals surface area contributed by atoms with Gasteiger partial charge < -0.3 is 10.4 Å². The van der Waals surface area contributed by atoms with Crippen LogP contribution in [0.4, 0.5) is 0 Å². The summed E-state index contributed by atoms with van der Waals surface area (Å²) in [6.45, 7) is 4.06. The summed E-state index contributed by atoms with van der Waals surface area (Å²) in [6, 6.07) is 7.32. The maximum atomic E-state index is 12.2. The highest BCUT2D eigenvalue weighted by molar-refractivity contribution is 5.87. The number of hydrogen-bond donors (Lipinski definition) is 2. The molecular weight excluding hydrogens is 266 g/mol. The molecule has 1 amide bonds. The average Bonchev–Trinajstić information content (AvgIpc) is 3.23. The molecule has 0 aromatic heterocycles. The van der Waals surface area contributed by atoms with Crippen LogP contribution < -0.4 is 5.32 Å². The number of carbonyl (C=O) groups excluding carboxylic acids is 1. The molecular formula is C17H23NO3. The Bertz CT molecular complexity index is 527. The van der Waals surface area contributed by atoms with Crippen LogP contribution in [0.1, 0.15) is 49.7 Å². The lowest BCUT2D eigenvalue weighted by Crippen LogP contribution is -2.41. The van der Waals surface area contributed by atoms with Gasteiger partial charge in [0.1, 0.15) is 6.04 Å². The van der Waals surface area contributed by atoms with Gasteiger partial charge in [0.25, 0.3) is 0 Å². The molecule has 1 fully saturated rings. The second-order valence-corrected chi connectivity index (χ2v) is 5.85. The quantitative estimate of drug-likeness (QED) is 0.811. The zero-order valence-corrected chi connectivity index (χ0v) is 12.6. The summed E-state index contributed by atoms with van der Waals surface area (Å²) in [5.41, 5.74) is 2.40. The molecule has 2 N–H and O–H groups in total. The van der Waals surface area contributed by atoms with Crippen molar-refractivity contribution >= 4 is 11.9 Å². The molecule has 114 valence electrons. The Balaban J connectivity index is 1.93. The predicted molar refractivity (Wildman–Crippen MR) is 81.1 cm³/mol. The fourth-order valence-electron chi connectivity index (χ4n) is 2.78. The lowest BCUT2D eigenvalue weighted by Gasteiger charge is -2.14. The largest absolute Gasteiger partial charge is 0.480 e. The van der Waals surface area contributed by atoms with Gasteiger partial charge in [-0.3, -0.25) is 4.79 Å². The SMILES string of the molecule is CCCC[C@H](NC(=O)C1CC1c1ccccc1C)C(=O)O. The molecule has 1 saturated carbocycles. The smallest absolute Gasteiger partial charge is 0.326 e. The maximum absolute atomic E-state index is 12.2. The Morgan fingerprint density at radius 2 is 2.10 bits per heavy atom. The summed E-state index contributed by atoms with van der Waals surface area (Å²) in [6.07, 6.45) is 3.05. The fourth-order valence-corrected chi connectivity index (χ4v) is 2.78. The van der Waals surface area contributed by atoms with Crippen molar-refractivity contribution in [3.8, 4) is 0 Å². The number of aryl methyl sites for hydroxylation is 1. The van der Waals surface area contributed by atoms with E-state index in [1.54, 1.807) is 0 Å². The van der Waals surface area contributed by atoms with Gasteiger partial charge in [-0.05, 0) is 36.8 Å². The van der Waals surface area contributed by atoms with E-state index in [0.717, 1.165) is 19.3 Å². The van der Waals surface area contributed by atoms with Gasteiger partial charge in [0.15, 0.2) is 0 Å². The van der Waals surface area contributed by atoms with E-state index >= 15 is 0 Å². The Morgan fingerprint density at radius 1 is 1.38 bits per heavy atom. The molecule has 1 aromatic rings. The summed E-state index contributed by atoms with van der Waals surface area (Å²) < 4.78 is 0. The number of carbonyl (C=O) groups is 2. The number of carboxylic acid groups (broad SMARTS) is 1. The van der Waals surface area contributed by atoms with Crippen LogP contribution in [0.15, 0.2) is 24.3 Å². The molecule has 0 saturated heterocycles. The second-order valence-electron chi connectivity index (χ2n) is 5.85. The Hall–Kier alpha value is -1.84. The first-order valence-electron chi connectivity index (χ1n) is 7.63. The third kappa shape index (κ3) is 3.84. The topological polar surface area (TPSA) is 66.4 Å². The molecule has 3 atom stereocenters. The molecule has 4 heteroatoms. The van der Waals surface area contributed by atoms with Gasteiger partial charge in [-0.1, -0.05) is 44.0 Å². The third-order valence-corrected chi connectivity index (χ3v) is 4.18. The van der Waals surface area contributed by atoms with Crippen LogP contribution in [-0.4, -0.2) is 23.0 Å². The normalized spacial score (nSPS) is 21.6. The fraction of sp³-hybridized carbons (Fsp3) is 0.529. The van der Waals surface area contributed by atoms with Gasteiger partial charge in [-0.15, -0.1) is 0 Å². The lowest BCUT2D eigenvalue weighted by atomic mass is 10.0. The molecule has 2 unspecified atom stereocenters. The van der Waals surface area contributed by atoms with Gasteiger partial charge in [0, 0.05) is 5.92 Å². The van der Waals surface area contributed by atoms with Crippen molar-refractivity contribution in [1.82, 2.24) is 5.32 Å². The van der Waals surface area contributed by atoms with Crippen molar-refractivity contribution in [2.75, 3.05) is 0 Å². The van der Waals surface area contributed by atoms with E-state index in [2.05, 4.69) is 11.4 Å². The van der Waals surface area contributed by atoms with Gasteiger partial charge in [-0.2, -0.15) is 0 Å². The van der Waals surface area contributed by atoms with Crippen molar-refractivity contribution in [2.45, 2.75) is 51.5 Å². The zero-order valence-electron chi connectivity index (χ0n) is 12.6. The number of amides is 1. The van der Waals surface area contributed by atoms with Gasteiger partial charge in [0.2, 0.25) is 5.91 Å². The van der Waals surface area contributed by atoms with E-state index in [0.29, 0.717) is 6.42 Å². The van der Waals surface area contributed by atoms with E-state index in [1.165, 1.54) is 11.1 Å². The number of unbranched alkanes of at least 4 members (excludes halogenated alkanes) is 1. The minimum absolute atomic E-state index is 0.0745. The number of benzene rings is 1. The van der Waals surface area contributed by atoms with Crippen LogP contribution in [0, 0.1) is 12.8 Å². The summed E-state index contributed by atoms with van der Waals surface area (Å²) in [5.74, 6) is -0.891. The second kappa shape index (κ2) is 6.74. The van der Waals surface area contributed by atoms with Gasteiger partial charge in [0.05, 0.1) is 0 Å². The number of aliphatic carboxylic acids is 1. The molecule has 21 heavy (non-hydrogen) atoms. The number of nitrogens with one attached hydrogen (secondary N) is 1. The number of carboxylic acids is 1. The van der Waals surface area contributed by atoms with Gasteiger partial charge in [-0.25, -0.2) is 4.79 Å². The number of hydrogen-bond acceptors (Lipinski definition) is 2. The highest BCUT2D eigenvalue weighted by Gasteiger charge is 2.45. The Labute approximate surface area is 125 Å². The molecule has 1 aliphatic carbocycles. The van der Waals surface area contributed by atoms with Crippen molar-refractivity contribution in [2.24, 2.45) is 5.92 Å². The first kappa shape index (κ1) is 15.5. The molecule has 2 rings (SSSR count). The van der Waals surface area contributed by atoms with Gasteiger partial charge >= 0.3 is 5.97 Å². The van der Waals surface area contributed by atoms with Crippen molar-refractivity contribution < 1.29 is 14.7 Å². The number of rotatable bonds is 7. The van der Waals surface area contributed by atoms with E-state index in [9.17, 15) is 9.59 Å². The summed E-state index contributed by atoms with van der Waals surface area (Å²) in [7, 11) is 0. The van der Waals surface area contributed by atoms with Crippen LogP contribution in [0.25, 0.3) is 0 Å². The monoisotopic (exact) mass is 289 g/mol. The Morgan fingerprint density at radius 3 is 2.71 bits per heavy atom. The molecule has 4 nitrogen and oxygen atoms in total. The summed E-state index contributed by atoms with van der Waals surface area (Å²) in [4.78, 5) is 23.4. The summed E-state index contributed by atoms with van der Waals surface area (Å²) in [5, 5.41) is 11.9. The maximum Gasteiger partial charge on any atom is 0.326 e. The minimum Gasteiger partial charge on any atom is -0.480 e. The van der Waals surface area contributed by atoms with E-state index in [4.69, 9.17) is 5.11 Å². The molecule has 0 radical (unpaired) electrons. The van der Waals surface area contributed by atoms with E-state index < -0.39 is 12.0 Å². The van der Waals surface area contributed by atoms with E-state index in [1.807, 2.05) is 32.0 Å². The van der Waals surface area contributed by atoms with Crippen LogP contribution in [0.2, 0.25) is 0 Å². The van der Waals surface area contributed by atoms with Crippen molar-refractivity contribution in [3.63, 3.8) is 0 Å². The van der Waals surface area contributed by atoms with Crippen LogP contribution in [0.3, 0.4) is 0 Å². The van der Waals surface area contributed by atoms with Crippen LogP contribution in [-0.2, 0) is 9.59 Å². The standard InChI is InChI=1S/C17H23NO3/c1-3-4-9-15(17(20)21)18-16(19)14-10-13(14)12-8-6-5-7-11(12)2/h5-8,13-15H,3-4,9-10H2,1-2H3,(H,18,19)(H,20,21)/t13?,14?,15-/m0/s1. The minimum atomic E-state index is -0.940. The highest BCUT2D eigenvalue weighted by atomic mass is 16.4. The zero-order chi connectivity index (χ0) is 15.4. The van der Waals surface area contributed by atoms with Crippen LogP contribution >= 0.6 is 0 Å². The molecule has 0 heterocycles. The lowest BCUT2D eigenvalue weighted by molar-refractivity contribution is -0.142. The third-order valence-electron chi connectivity index (χ3n) is 4.18. The summed E-state index contributed by atoms with van der Waals surface area (Å²) >= 11 is 0. The Kier molecular flexibility index (Phi) is 4.99. The van der Waals surface area contributed by atoms with Crippen LogP contribution in [0.5, 0.6) is 0 Å². The molecule has 0 bridgehead atoms. The van der Waals surface area contributed by atoms with E-state index in [-0.39, 0.29) is 17.7 Å². The van der Waals surface area contributed by atoms with Crippen molar-refractivity contribution in [1.29, 1.82) is 0 Å². The highest BCUT2D eigenvalue weighted by Crippen LogP contribution is 2.48. The molecule has 0 aliphatic heterocycles. The first-order chi connectivity index (χ1) is 10.0. The molecule has 1 aromatic carbocycles. The average molecular weight is 289 g/mol. The van der Waals surface area contributed by atoms with Crippen molar-refractivity contribution in [3.05, 3.63) is 35.4 Å².